The summed E-state index contributed by atoms with van der Waals surface area (Å²) in [6.45, 7) is 0. The van der Waals surface area contributed by atoms with Crippen LogP contribution in [0, 0.1) is 11.8 Å². The Balaban J connectivity index is 0.000000550. The fraction of sp³-hybridized carbons (Fsp3) is 0.439. The van der Waals surface area contributed by atoms with Crippen molar-refractivity contribution in [1.29, 1.82) is 0 Å². The van der Waals surface area contributed by atoms with Crippen LogP contribution in [0.3, 0.4) is 0 Å². The largest absolute Gasteiger partial charge is 0.515 e. The summed E-state index contributed by atoms with van der Waals surface area (Å²) in [5, 5.41) is 24.7. The molecule has 0 aromatic heterocycles. The lowest BCUT2D eigenvalue weighted by atomic mass is 9.73. The van der Waals surface area contributed by atoms with E-state index in [1.807, 2.05) is 30.3 Å². The highest BCUT2D eigenvalue weighted by atomic mass is 16.5. The summed E-state index contributed by atoms with van der Waals surface area (Å²) in [5.74, 6) is -1.76. The van der Waals surface area contributed by atoms with Gasteiger partial charge in [0.25, 0.3) is 0 Å². The molecule has 7 nitrogen and oxygen atoms in total. The summed E-state index contributed by atoms with van der Waals surface area (Å²) in [6.07, 6.45) is 17.6. The number of esters is 1. The summed E-state index contributed by atoms with van der Waals surface area (Å²) in [7, 11) is 1.36. The van der Waals surface area contributed by atoms with Gasteiger partial charge in [0.1, 0.15) is 5.76 Å². The third kappa shape index (κ3) is 5.93. The SMILES string of the molecule is C1CCCCC1.COC(=O)C1CCCCC1C(=O)C1=C(O)c2cc(Nc3ccc4c(c3)C(=O)/C(=C\O)C4=C3CC3)ccc2C1=C1CCC1. The van der Waals surface area contributed by atoms with Crippen molar-refractivity contribution in [3.05, 3.63) is 87.2 Å². The van der Waals surface area contributed by atoms with Gasteiger partial charge >= 0.3 is 5.97 Å². The second-order valence-electron chi connectivity index (χ2n) is 14.1. The van der Waals surface area contributed by atoms with Gasteiger partial charge in [0, 0.05) is 28.4 Å². The number of carbonyl (C=O) groups excluding carboxylic acids is 3. The van der Waals surface area contributed by atoms with Gasteiger partial charge < -0.3 is 20.3 Å². The Morgan fingerprint density at radius 3 is 1.83 bits per heavy atom. The number of Topliss-reactive ketones (excluding diaryl/α,β-unsaturated/α-hetero) is 2. The van der Waals surface area contributed by atoms with Gasteiger partial charge in [-0.25, -0.2) is 0 Å². The van der Waals surface area contributed by atoms with Crippen LogP contribution in [0.25, 0.3) is 16.9 Å². The third-order valence-corrected chi connectivity index (χ3v) is 11.0. The number of anilines is 2. The number of ether oxygens (including phenoxy) is 1. The van der Waals surface area contributed by atoms with E-state index in [0.29, 0.717) is 46.5 Å². The molecule has 6 aliphatic rings. The molecule has 0 radical (unpaired) electrons. The number of methoxy groups -OCH3 is 1. The number of aliphatic hydroxyl groups is 2. The van der Waals surface area contributed by atoms with Crippen LogP contribution >= 0.6 is 0 Å². The van der Waals surface area contributed by atoms with Crippen LogP contribution in [0.2, 0.25) is 0 Å². The first-order valence-electron chi connectivity index (χ1n) is 17.9. The first-order chi connectivity index (χ1) is 23.4. The van der Waals surface area contributed by atoms with Gasteiger partial charge in [0.05, 0.1) is 30.4 Å². The molecule has 0 aliphatic heterocycles. The summed E-state index contributed by atoms with van der Waals surface area (Å²) < 4.78 is 5.04. The Hall–Kier alpha value is -4.39. The van der Waals surface area contributed by atoms with E-state index < -0.39 is 11.8 Å². The number of aliphatic hydroxyl groups excluding tert-OH is 2. The molecule has 7 heteroatoms. The number of hydrogen-bond acceptors (Lipinski definition) is 7. The quantitative estimate of drug-likeness (QED) is 0.168. The Labute approximate surface area is 282 Å². The minimum absolute atomic E-state index is 0.0372. The molecule has 2 atom stereocenters. The van der Waals surface area contributed by atoms with Crippen LogP contribution in [-0.4, -0.2) is 34.9 Å². The smallest absolute Gasteiger partial charge is 0.309 e. The molecule has 4 fully saturated rings. The van der Waals surface area contributed by atoms with Crippen molar-refractivity contribution >= 4 is 45.8 Å². The predicted octanol–water partition coefficient (Wildman–Crippen LogP) is 9.73. The van der Waals surface area contributed by atoms with Crippen LogP contribution < -0.4 is 5.32 Å². The van der Waals surface area contributed by atoms with Crippen LogP contribution in [0.4, 0.5) is 11.4 Å². The molecule has 0 bridgehead atoms. The Morgan fingerprint density at radius 2 is 1.29 bits per heavy atom. The van der Waals surface area contributed by atoms with E-state index >= 15 is 0 Å². The van der Waals surface area contributed by atoms with Crippen LogP contribution in [0.5, 0.6) is 0 Å². The van der Waals surface area contributed by atoms with Crippen molar-refractivity contribution < 1.29 is 29.3 Å². The lowest BCUT2D eigenvalue weighted by Crippen LogP contribution is -2.34. The average molecular weight is 648 g/mol. The zero-order valence-corrected chi connectivity index (χ0v) is 27.8. The molecule has 0 spiro atoms. The van der Waals surface area contributed by atoms with E-state index in [1.54, 1.807) is 6.07 Å². The summed E-state index contributed by atoms with van der Waals surface area (Å²) in [5.41, 5.74) is 8.98. The Kier molecular flexibility index (Phi) is 9.13. The Bertz CT molecular complexity index is 1780. The lowest BCUT2D eigenvalue weighted by Gasteiger charge is -2.30. The number of ketones is 2. The van der Waals surface area contributed by atoms with Crippen molar-refractivity contribution in [2.45, 2.75) is 96.3 Å². The van der Waals surface area contributed by atoms with Gasteiger partial charge in [-0.1, -0.05) is 74.6 Å². The monoisotopic (exact) mass is 647 g/mol. The van der Waals surface area contributed by atoms with Crippen molar-refractivity contribution in [2.24, 2.45) is 11.8 Å². The van der Waals surface area contributed by atoms with Gasteiger partial charge in [0.15, 0.2) is 11.6 Å². The predicted molar refractivity (Wildman–Crippen MR) is 188 cm³/mol. The minimum Gasteiger partial charge on any atom is -0.515 e. The molecule has 0 amide bonds. The van der Waals surface area contributed by atoms with Gasteiger partial charge in [-0.15, -0.1) is 0 Å². The number of carbonyl (C=O) groups is 3. The summed E-state index contributed by atoms with van der Waals surface area (Å²) >= 11 is 0. The number of allylic oxidation sites excluding steroid dienone is 6. The molecule has 2 aromatic rings. The van der Waals surface area contributed by atoms with Gasteiger partial charge in [-0.3, -0.25) is 14.4 Å². The van der Waals surface area contributed by atoms with E-state index in [2.05, 4.69) is 5.32 Å². The number of rotatable bonds is 5. The zero-order valence-electron chi connectivity index (χ0n) is 27.8. The first kappa shape index (κ1) is 32.2. The molecule has 0 heterocycles. The molecular weight excluding hydrogens is 602 g/mol. The van der Waals surface area contributed by atoms with E-state index in [4.69, 9.17) is 4.74 Å². The number of nitrogens with one attached hydrogen (secondary N) is 1. The van der Waals surface area contributed by atoms with E-state index in [9.17, 15) is 24.6 Å². The normalized spacial score (nSPS) is 23.7. The highest BCUT2D eigenvalue weighted by molar-refractivity contribution is 6.27. The van der Waals surface area contributed by atoms with Crippen LogP contribution in [0.15, 0.2) is 65.0 Å². The number of fused-ring (bicyclic) bond motifs is 2. The molecule has 48 heavy (non-hydrogen) atoms. The summed E-state index contributed by atoms with van der Waals surface area (Å²) in [6, 6.07) is 11.3. The van der Waals surface area contributed by atoms with E-state index in [1.165, 1.54) is 56.8 Å². The average Bonchev–Trinajstić information content (AvgIpc) is 3.86. The van der Waals surface area contributed by atoms with Crippen molar-refractivity contribution in [3.63, 3.8) is 0 Å². The van der Waals surface area contributed by atoms with Crippen molar-refractivity contribution in [3.8, 4) is 0 Å². The van der Waals surface area contributed by atoms with Crippen molar-refractivity contribution in [1.82, 2.24) is 0 Å². The van der Waals surface area contributed by atoms with Gasteiger partial charge in [-0.05, 0) is 91.5 Å². The fourth-order valence-corrected chi connectivity index (χ4v) is 8.17. The Morgan fingerprint density at radius 1 is 0.729 bits per heavy atom. The second kappa shape index (κ2) is 13.6. The molecule has 0 saturated heterocycles. The van der Waals surface area contributed by atoms with E-state index in [0.717, 1.165) is 73.5 Å². The molecule has 2 unspecified atom stereocenters. The topological polar surface area (TPSA) is 113 Å². The molecule has 8 rings (SSSR count). The van der Waals surface area contributed by atoms with Gasteiger partial charge in [0.2, 0.25) is 0 Å². The highest BCUT2D eigenvalue weighted by Gasteiger charge is 2.43. The molecular formula is C41H45NO6. The van der Waals surface area contributed by atoms with Crippen LogP contribution in [0.1, 0.15) is 123 Å². The second-order valence-corrected chi connectivity index (χ2v) is 14.1. The maximum atomic E-state index is 14.1. The fourth-order valence-electron chi connectivity index (χ4n) is 8.17. The third-order valence-electron chi connectivity index (χ3n) is 11.0. The van der Waals surface area contributed by atoms with Gasteiger partial charge in [-0.2, -0.15) is 0 Å². The zero-order chi connectivity index (χ0) is 33.4. The summed E-state index contributed by atoms with van der Waals surface area (Å²) in [4.78, 5) is 39.7. The lowest BCUT2D eigenvalue weighted by molar-refractivity contribution is -0.150. The maximum Gasteiger partial charge on any atom is 0.309 e. The minimum atomic E-state index is -0.511. The molecule has 4 saturated carbocycles. The van der Waals surface area contributed by atoms with Crippen LogP contribution in [-0.2, 0) is 14.3 Å². The highest BCUT2D eigenvalue weighted by Crippen LogP contribution is 2.50. The molecule has 6 aliphatic carbocycles. The first-order valence-corrected chi connectivity index (χ1v) is 17.9. The molecule has 2 aromatic carbocycles. The standard InChI is InChI=1S/C35H33NO6.C6H12/c1-42-35(41)25-8-3-2-7-24(25)33(39)31-30(18-5-4-6-18)23-14-12-21(16-27(23)34(31)40)36-20-11-13-22-26(15-20)32(38)28(17-37)29(22)19-9-10-19;1-2-4-6-5-3-1/h11-17,24-25,36-37,40H,2-10H2,1H3;1-6H2/b28-17-;. The molecule has 250 valence electrons. The number of hydrogen-bond donors (Lipinski definition) is 3. The maximum absolute atomic E-state index is 14.1. The molecule has 3 N–H and O–H groups in total. The number of benzene rings is 2. The van der Waals surface area contributed by atoms with Crippen molar-refractivity contribution in [2.75, 3.05) is 12.4 Å². The van der Waals surface area contributed by atoms with E-state index in [-0.39, 0.29) is 23.3 Å².